The number of nitrogens with zero attached hydrogens (tertiary/aromatic N) is 1. The summed E-state index contributed by atoms with van der Waals surface area (Å²) in [5, 5.41) is 2.96. The third kappa shape index (κ3) is 6.71. The van der Waals surface area contributed by atoms with Crippen molar-refractivity contribution in [3.63, 3.8) is 0 Å². The van der Waals surface area contributed by atoms with E-state index < -0.39 is 6.04 Å². The highest BCUT2D eigenvalue weighted by Gasteiger charge is 2.25. The number of carbonyl (C=O) groups is 2. The van der Waals surface area contributed by atoms with Gasteiger partial charge in [-0.1, -0.05) is 72.8 Å². The summed E-state index contributed by atoms with van der Waals surface area (Å²) in [4.78, 5) is 27.7. The van der Waals surface area contributed by atoms with Crippen molar-refractivity contribution in [2.75, 3.05) is 7.11 Å². The van der Waals surface area contributed by atoms with E-state index in [-0.39, 0.29) is 11.8 Å². The summed E-state index contributed by atoms with van der Waals surface area (Å²) >= 11 is 0. The van der Waals surface area contributed by atoms with E-state index in [9.17, 15) is 9.59 Å². The van der Waals surface area contributed by atoms with E-state index in [1.165, 1.54) is 0 Å². The van der Waals surface area contributed by atoms with Crippen LogP contribution in [0.3, 0.4) is 0 Å². The smallest absolute Gasteiger partial charge is 0.242 e. The van der Waals surface area contributed by atoms with Crippen LogP contribution >= 0.6 is 0 Å². The minimum Gasteiger partial charge on any atom is -0.497 e. The zero-order chi connectivity index (χ0) is 22.8. The zero-order valence-corrected chi connectivity index (χ0v) is 18.7. The van der Waals surface area contributed by atoms with Crippen LogP contribution in [0, 0.1) is 0 Å². The molecule has 1 N–H and O–H groups in total. The maximum atomic E-state index is 13.1. The quantitative estimate of drug-likeness (QED) is 0.520. The lowest BCUT2D eigenvalue weighted by Gasteiger charge is -2.29. The molecule has 0 aliphatic rings. The molecule has 32 heavy (non-hydrogen) atoms. The van der Waals surface area contributed by atoms with Crippen molar-refractivity contribution in [3.05, 3.63) is 102 Å². The fourth-order valence-corrected chi connectivity index (χ4v) is 3.48. The molecular formula is C27H30N2O3. The van der Waals surface area contributed by atoms with E-state index in [4.69, 9.17) is 4.74 Å². The fourth-order valence-electron chi connectivity index (χ4n) is 3.48. The molecule has 0 fully saturated rings. The van der Waals surface area contributed by atoms with Crippen LogP contribution in [0.15, 0.2) is 84.9 Å². The highest BCUT2D eigenvalue weighted by Crippen LogP contribution is 2.14. The van der Waals surface area contributed by atoms with Gasteiger partial charge in [-0.2, -0.15) is 0 Å². The Bertz CT molecular complexity index is 988. The van der Waals surface area contributed by atoms with Gasteiger partial charge in [0.25, 0.3) is 0 Å². The monoisotopic (exact) mass is 430 g/mol. The Morgan fingerprint density at radius 1 is 0.844 bits per heavy atom. The second kappa shape index (κ2) is 11.7. The Kier molecular flexibility index (Phi) is 8.44. The number of hydrogen-bond acceptors (Lipinski definition) is 3. The van der Waals surface area contributed by atoms with Crippen LogP contribution < -0.4 is 10.1 Å². The second-order valence-electron chi connectivity index (χ2n) is 7.73. The molecule has 5 nitrogen and oxygen atoms in total. The predicted molar refractivity (Wildman–Crippen MR) is 126 cm³/mol. The van der Waals surface area contributed by atoms with Crippen LogP contribution in [0.2, 0.25) is 0 Å². The van der Waals surface area contributed by atoms with Crippen molar-refractivity contribution in [2.24, 2.45) is 0 Å². The number of rotatable bonds is 10. The molecule has 0 heterocycles. The minimum atomic E-state index is -0.586. The number of amides is 2. The van der Waals surface area contributed by atoms with E-state index >= 15 is 0 Å². The molecule has 0 bridgehead atoms. The number of hydrogen-bond donors (Lipinski definition) is 1. The topological polar surface area (TPSA) is 58.6 Å². The number of nitrogens with one attached hydrogen (secondary N) is 1. The SMILES string of the molecule is COc1ccc(CNC(=O)[C@@H](C)N(Cc2ccccc2)C(=O)CCc2ccccc2)cc1. The largest absolute Gasteiger partial charge is 0.497 e. The molecule has 0 aliphatic carbocycles. The summed E-state index contributed by atoms with van der Waals surface area (Å²) in [6.45, 7) is 2.57. The van der Waals surface area contributed by atoms with Crippen molar-refractivity contribution in [2.45, 2.75) is 38.9 Å². The highest BCUT2D eigenvalue weighted by molar-refractivity contribution is 5.87. The molecule has 0 saturated heterocycles. The molecule has 3 aromatic carbocycles. The second-order valence-corrected chi connectivity index (χ2v) is 7.73. The first kappa shape index (κ1) is 23.1. The normalized spacial score (nSPS) is 11.4. The number of methoxy groups -OCH3 is 1. The van der Waals surface area contributed by atoms with Gasteiger partial charge >= 0.3 is 0 Å². The van der Waals surface area contributed by atoms with Gasteiger partial charge in [0.05, 0.1) is 7.11 Å². The van der Waals surface area contributed by atoms with Crippen molar-refractivity contribution in [1.29, 1.82) is 0 Å². The lowest BCUT2D eigenvalue weighted by molar-refractivity contribution is -0.140. The average molecular weight is 431 g/mol. The van der Waals surface area contributed by atoms with Crippen molar-refractivity contribution in [1.82, 2.24) is 10.2 Å². The molecule has 166 valence electrons. The molecule has 2 amide bonds. The van der Waals surface area contributed by atoms with Crippen LogP contribution in [-0.2, 0) is 29.1 Å². The van der Waals surface area contributed by atoms with Gasteiger partial charge < -0.3 is 15.0 Å². The maximum absolute atomic E-state index is 13.1. The minimum absolute atomic E-state index is 0.0372. The summed E-state index contributed by atoms with van der Waals surface area (Å²) in [7, 11) is 1.62. The lowest BCUT2D eigenvalue weighted by Crippen LogP contribution is -2.47. The van der Waals surface area contributed by atoms with E-state index in [0.29, 0.717) is 25.9 Å². The summed E-state index contributed by atoms with van der Waals surface area (Å²) in [5.74, 6) is 0.557. The molecule has 3 aromatic rings. The van der Waals surface area contributed by atoms with Gasteiger partial charge in [0.2, 0.25) is 11.8 Å². The van der Waals surface area contributed by atoms with Gasteiger partial charge in [0.1, 0.15) is 11.8 Å². The predicted octanol–water partition coefficient (Wildman–Crippen LogP) is 4.36. The Morgan fingerprint density at radius 3 is 2.03 bits per heavy atom. The molecule has 5 heteroatoms. The third-order valence-electron chi connectivity index (χ3n) is 5.46. The molecule has 0 saturated carbocycles. The highest BCUT2D eigenvalue weighted by atomic mass is 16.5. The third-order valence-corrected chi connectivity index (χ3v) is 5.46. The van der Waals surface area contributed by atoms with Crippen LogP contribution in [0.1, 0.15) is 30.0 Å². The summed E-state index contributed by atoms with van der Waals surface area (Å²) < 4.78 is 5.17. The van der Waals surface area contributed by atoms with Crippen molar-refractivity contribution in [3.8, 4) is 5.75 Å². The molecule has 0 spiro atoms. The van der Waals surface area contributed by atoms with Gasteiger partial charge in [0.15, 0.2) is 0 Å². The number of benzene rings is 3. The van der Waals surface area contributed by atoms with Gasteiger partial charge in [-0.25, -0.2) is 0 Å². The molecule has 0 aliphatic heterocycles. The number of carbonyl (C=O) groups excluding carboxylic acids is 2. The molecule has 0 aromatic heterocycles. The zero-order valence-electron chi connectivity index (χ0n) is 18.7. The van der Waals surface area contributed by atoms with E-state index in [1.54, 1.807) is 18.9 Å². The Labute approximate surface area is 190 Å². The van der Waals surface area contributed by atoms with Crippen molar-refractivity contribution >= 4 is 11.8 Å². The molecule has 3 rings (SSSR count). The molecule has 1 atom stereocenters. The number of ether oxygens (including phenoxy) is 1. The fraction of sp³-hybridized carbons (Fsp3) is 0.259. The summed E-state index contributed by atoms with van der Waals surface area (Å²) in [5.41, 5.74) is 3.07. The van der Waals surface area contributed by atoms with Crippen LogP contribution in [0.25, 0.3) is 0 Å². The van der Waals surface area contributed by atoms with Crippen LogP contribution in [0.5, 0.6) is 5.75 Å². The van der Waals surface area contributed by atoms with Gasteiger partial charge in [-0.05, 0) is 42.2 Å². The first-order chi connectivity index (χ1) is 15.6. The lowest BCUT2D eigenvalue weighted by atomic mass is 10.1. The number of aryl methyl sites for hydroxylation is 1. The Hall–Kier alpha value is -3.60. The first-order valence-corrected chi connectivity index (χ1v) is 10.8. The first-order valence-electron chi connectivity index (χ1n) is 10.8. The Morgan fingerprint density at radius 2 is 1.44 bits per heavy atom. The van der Waals surface area contributed by atoms with E-state index in [0.717, 1.165) is 22.4 Å². The van der Waals surface area contributed by atoms with Gasteiger partial charge in [0, 0.05) is 19.5 Å². The van der Waals surface area contributed by atoms with Gasteiger partial charge in [-0.15, -0.1) is 0 Å². The summed E-state index contributed by atoms with van der Waals surface area (Å²) in [6.07, 6.45) is 0.998. The van der Waals surface area contributed by atoms with Crippen LogP contribution in [-0.4, -0.2) is 29.9 Å². The molecule has 0 radical (unpaired) electrons. The van der Waals surface area contributed by atoms with Gasteiger partial charge in [-0.3, -0.25) is 9.59 Å². The van der Waals surface area contributed by atoms with E-state index in [2.05, 4.69) is 5.32 Å². The van der Waals surface area contributed by atoms with E-state index in [1.807, 2.05) is 84.9 Å². The molecule has 0 unspecified atom stereocenters. The maximum Gasteiger partial charge on any atom is 0.242 e. The van der Waals surface area contributed by atoms with Crippen molar-refractivity contribution < 1.29 is 14.3 Å². The summed E-state index contributed by atoms with van der Waals surface area (Å²) in [6, 6.07) is 26.7. The van der Waals surface area contributed by atoms with Crippen LogP contribution in [0.4, 0.5) is 0 Å². The molecular weight excluding hydrogens is 400 g/mol. The average Bonchev–Trinajstić information content (AvgIpc) is 2.85. The Balaban J connectivity index is 1.65. The standard InChI is InChI=1S/C27H30N2O3/c1-21(27(31)28-19-23-13-16-25(32-2)17-14-23)29(20-24-11-7-4-8-12-24)26(30)18-15-22-9-5-3-6-10-22/h3-14,16-17,21H,15,18-20H2,1-2H3,(H,28,31)/t21-/m1/s1.